The largest absolute Gasteiger partial charge is 0.480 e. The van der Waals surface area contributed by atoms with Gasteiger partial charge in [-0.1, -0.05) is 36.4 Å². The molecule has 2 aliphatic heterocycles. The molecule has 1 saturated heterocycles. The van der Waals surface area contributed by atoms with Gasteiger partial charge in [0.15, 0.2) is 0 Å². The number of benzene rings is 2. The molecule has 1 N–H and O–H groups in total. The lowest BCUT2D eigenvalue weighted by Gasteiger charge is -2.34. The minimum absolute atomic E-state index is 0.163. The van der Waals surface area contributed by atoms with Crippen LogP contribution in [0.4, 0.5) is 0 Å². The molecule has 4 rings (SSSR count). The molecule has 2 amide bonds. The molecule has 2 aromatic carbocycles. The fourth-order valence-electron chi connectivity index (χ4n) is 3.97. The second-order valence-electron chi connectivity index (χ2n) is 7.38. The molecular weight excluding hydrogens is 356 g/mol. The Labute approximate surface area is 163 Å². The zero-order chi connectivity index (χ0) is 19.7. The molecule has 6 heteroatoms. The molecule has 2 heterocycles. The predicted molar refractivity (Wildman–Crippen MR) is 103 cm³/mol. The van der Waals surface area contributed by atoms with Crippen LogP contribution in [0.1, 0.15) is 39.9 Å². The van der Waals surface area contributed by atoms with Crippen molar-refractivity contribution in [1.82, 2.24) is 9.80 Å². The van der Waals surface area contributed by atoms with Gasteiger partial charge >= 0.3 is 5.97 Å². The van der Waals surface area contributed by atoms with Crippen LogP contribution < -0.4 is 0 Å². The van der Waals surface area contributed by atoms with Crippen LogP contribution in [0.3, 0.4) is 0 Å². The second kappa shape index (κ2) is 7.46. The SMILES string of the molecule is O=C(O)C1Cc2ccccc2CN1C(=O)c1ccc(CN2CCCC2=O)cc1. The fourth-order valence-corrected chi connectivity index (χ4v) is 3.97. The monoisotopic (exact) mass is 378 g/mol. The molecular formula is C22H22N2O4. The van der Waals surface area contributed by atoms with Crippen LogP contribution >= 0.6 is 0 Å². The highest BCUT2D eigenvalue weighted by molar-refractivity contribution is 5.97. The Morgan fingerprint density at radius 1 is 1.04 bits per heavy atom. The molecule has 144 valence electrons. The van der Waals surface area contributed by atoms with Crippen molar-refractivity contribution in [2.45, 2.75) is 38.4 Å². The molecule has 0 spiro atoms. The molecule has 0 bridgehead atoms. The van der Waals surface area contributed by atoms with Gasteiger partial charge in [0, 0.05) is 38.0 Å². The number of nitrogens with zero attached hydrogens (tertiary/aromatic N) is 2. The van der Waals surface area contributed by atoms with Crippen LogP contribution in [0, 0.1) is 0 Å². The first-order valence-corrected chi connectivity index (χ1v) is 9.50. The predicted octanol–water partition coefficient (Wildman–Crippen LogP) is 2.46. The minimum Gasteiger partial charge on any atom is -0.480 e. The van der Waals surface area contributed by atoms with Crippen LogP contribution in [-0.2, 0) is 29.1 Å². The highest BCUT2D eigenvalue weighted by Gasteiger charge is 2.34. The van der Waals surface area contributed by atoms with Gasteiger partial charge in [-0.15, -0.1) is 0 Å². The van der Waals surface area contributed by atoms with E-state index in [1.165, 1.54) is 4.90 Å². The van der Waals surface area contributed by atoms with Gasteiger partial charge in [-0.25, -0.2) is 4.79 Å². The van der Waals surface area contributed by atoms with Crippen LogP contribution in [0.5, 0.6) is 0 Å². The smallest absolute Gasteiger partial charge is 0.326 e. The maximum atomic E-state index is 13.0. The van der Waals surface area contributed by atoms with E-state index in [-0.39, 0.29) is 18.4 Å². The first kappa shape index (κ1) is 18.2. The number of carbonyl (C=O) groups excluding carboxylic acids is 2. The number of hydrogen-bond acceptors (Lipinski definition) is 3. The maximum Gasteiger partial charge on any atom is 0.326 e. The van der Waals surface area contributed by atoms with Crippen molar-refractivity contribution in [3.63, 3.8) is 0 Å². The van der Waals surface area contributed by atoms with Crippen LogP contribution in [0.25, 0.3) is 0 Å². The van der Waals surface area contributed by atoms with Crippen molar-refractivity contribution in [3.05, 3.63) is 70.8 Å². The summed E-state index contributed by atoms with van der Waals surface area (Å²) in [6.07, 6.45) is 1.80. The van der Waals surface area contributed by atoms with Gasteiger partial charge in [0.25, 0.3) is 5.91 Å². The third-order valence-corrected chi connectivity index (χ3v) is 5.54. The summed E-state index contributed by atoms with van der Waals surface area (Å²) >= 11 is 0. The highest BCUT2D eigenvalue weighted by atomic mass is 16.4. The van der Waals surface area contributed by atoms with Gasteiger partial charge in [0.05, 0.1) is 0 Å². The number of aliphatic carboxylic acids is 1. The number of amides is 2. The molecule has 2 aliphatic rings. The Hall–Kier alpha value is -3.15. The Bertz CT molecular complexity index is 922. The molecule has 1 atom stereocenters. The summed E-state index contributed by atoms with van der Waals surface area (Å²) in [5.41, 5.74) is 3.38. The van der Waals surface area contributed by atoms with E-state index in [1.807, 2.05) is 41.3 Å². The number of likely N-dealkylation sites (tertiary alicyclic amines) is 1. The zero-order valence-electron chi connectivity index (χ0n) is 15.5. The summed E-state index contributed by atoms with van der Waals surface area (Å²) in [7, 11) is 0. The van der Waals surface area contributed by atoms with E-state index in [0.717, 1.165) is 29.7 Å². The van der Waals surface area contributed by atoms with E-state index >= 15 is 0 Å². The number of rotatable bonds is 4. The molecule has 2 aromatic rings. The first-order chi connectivity index (χ1) is 13.5. The summed E-state index contributed by atoms with van der Waals surface area (Å²) in [5, 5.41) is 9.63. The van der Waals surface area contributed by atoms with E-state index in [9.17, 15) is 19.5 Å². The van der Waals surface area contributed by atoms with Gasteiger partial charge in [0.1, 0.15) is 6.04 Å². The molecule has 0 aromatic heterocycles. The van der Waals surface area contributed by atoms with E-state index in [4.69, 9.17) is 0 Å². The molecule has 0 aliphatic carbocycles. The molecule has 6 nitrogen and oxygen atoms in total. The summed E-state index contributed by atoms with van der Waals surface area (Å²) in [6.45, 7) is 1.60. The topological polar surface area (TPSA) is 77.9 Å². The number of carbonyl (C=O) groups is 3. The summed E-state index contributed by atoms with van der Waals surface area (Å²) in [6, 6.07) is 13.9. The van der Waals surface area contributed by atoms with Crippen LogP contribution in [0.2, 0.25) is 0 Å². The van der Waals surface area contributed by atoms with E-state index < -0.39 is 12.0 Å². The lowest BCUT2D eigenvalue weighted by molar-refractivity contribution is -0.142. The highest BCUT2D eigenvalue weighted by Crippen LogP contribution is 2.25. The fraction of sp³-hybridized carbons (Fsp3) is 0.318. The Morgan fingerprint density at radius 2 is 1.75 bits per heavy atom. The van der Waals surface area contributed by atoms with Crippen molar-refractivity contribution in [2.75, 3.05) is 6.54 Å². The number of carboxylic acid groups (broad SMARTS) is 1. The molecule has 0 radical (unpaired) electrons. The van der Waals surface area contributed by atoms with Crippen molar-refractivity contribution < 1.29 is 19.5 Å². The molecule has 28 heavy (non-hydrogen) atoms. The van der Waals surface area contributed by atoms with E-state index in [0.29, 0.717) is 24.9 Å². The van der Waals surface area contributed by atoms with Gasteiger partial charge in [0.2, 0.25) is 5.91 Å². The summed E-state index contributed by atoms with van der Waals surface area (Å²) < 4.78 is 0. The van der Waals surface area contributed by atoms with E-state index in [1.54, 1.807) is 12.1 Å². The van der Waals surface area contributed by atoms with E-state index in [2.05, 4.69) is 0 Å². The Morgan fingerprint density at radius 3 is 2.39 bits per heavy atom. The molecule has 1 fully saturated rings. The summed E-state index contributed by atoms with van der Waals surface area (Å²) in [4.78, 5) is 39.8. The van der Waals surface area contributed by atoms with Crippen molar-refractivity contribution in [3.8, 4) is 0 Å². The standard InChI is InChI=1S/C22H22N2O4/c25-20-6-3-11-23(20)13-15-7-9-16(10-8-15)21(26)24-14-18-5-2-1-4-17(18)12-19(24)22(27)28/h1-2,4-5,7-10,19H,3,6,11-14H2,(H,27,28). The van der Waals surface area contributed by atoms with Gasteiger partial charge in [-0.2, -0.15) is 0 Å². The normalized spacial score (nSPS) is 18.9. The quantitative estimate of drug-likeness (QED) is 0.887. The molecule has 1 unspecified atom stereocenters. The van der Waals surface area contributed by atoms with Crippen molar-refractivity contribution in [1.29, 1.82) is 0 Å². The third-order valence-electron chi connectivity index (χ3n) is 5.54. The number of hydrogen-bond donors (Lipinski definition) is 1. The Kier molecular flexibility index (Phi) is 4.86. The first-order valence-electron chi connectivity index (χ1n) is 9.50. The van der Waals surface area contributed by atoms with Gasteiger partial charge < -0.3 is 14.9 Å². The molecule has 0 saturated carbocycles. The van der Waals surface area contributed by atoms with Crippen molar-refractivity contribution >= 4 is 17.8 Å². The lowest BCUT2D eigenvalue weighted by atomic mass is 9.93. The minimum atomic E-state index is -0.994. The Balaban J connectivity index is 1.52. The van der Waals surface area contributed by atoms with Gasteiger partial charge in [-0.3, -0.25) is 9.59 Å². The van der Waals surface area contributed by atoms with Crippen LogP contribution in [-0.4, -0.2) is 45.3 Å². The number of carboxylic acids is 1. The zero-order valence-corrected chi connectivity index (χ0v) is 15.5. The number of fused-ring (bicyclic) bond motifs is 1. The maximum absolute atomic E-state index is 13.0. The van der Waals surface area contributed by atoms with Crippen molar-refractivity contribution in [2.24, 2.45) is 0 Å². The van der Waals surface area contributed by atoms with Gasteiger partial charge in [-0.05, 0) is 35.2 Å². The second-order valence-corrected chi connectivity index (χ2v) is 7.38. The summed E-state index contributed by atoms with van der Waals surface area (Å²) in [5.74, 6) is -1.12. The third kappa shape index (κ3) is 3.50. The van der Waals surface area contributed by atoms with Crippen LogP contribution in [0.15, 0.2) is 48.5 Å². The average molecular weight is 378 g/mol. The average Bonchev–Trinajstić information content (AvgIpc) is 3.11. The lowest BCUT2D eigenvalue weighted by Crippen LogP contribution is -2.48.